The van der Waals surface area contributed by atoms with Crippen LogP contribution in [0.25, 0.3) is 0 Å². The fourth-order valence-corrected chi connectivity index (χ4v) is 1.26. The van der Waals surface area contributed by atoms with Crippen LogP contribution in [0, 0.1) is 11.8 Å². The molecule has 0 aliphatic heterocycles. The number of hydrogen-bond acceptors (Lipinski definition) is 3. The van der Waals surface area contributed by atoms with Gasteiger partial charge in [0, 0.05) is 19.1 Å². The van der Waals surface area contributed by atoms with Gasteiger partial charge in [-0.15, -0.1) is 0 Å². The van der Waals surface area contributed by atoms with Gasteiger partial charge in [-0.2, -0.15) is 0 Å². The second-order valence-corrected chi connectivity index (χ2v) is 2.59. The van der Waals surface area contributed by atoms with Crippen molar-refractivity contribution in [2.45, 2.75) is 12.5 Å². The molecular weight excluding hydrogens is 120 g/mol. The zero-order chi connectivity index (χ0) is 6.85. The average Bonchev–Trinajstić information content (AvgIpc) is 1.83. The maximum absolute atomic E-state index is 8.94. The first kappa shape index (κ1) is 6.99. The van der Waals surface area contributed by atoms with Gasteiger partial charge in [0.25, 0.3) is 0 Å². The lowest BCUT2D eigenvalue weighted by molar-refractivity contribution is -0.0777. The summed E-state index contributed by atoms with van der Waals surface area (Å²) in [6.45, 7) is 0.0781. The summed E-state index contributed by atoms with van der Waals surface area (Å²) in [4.78, 5) is 0. The van der Waals surface area contributed by atoms with Crippen LogP contribution in [0.5, 0.6) is 0 Å². The first-order chi connectivity index (χ1) is 4.29. The van der Waals surface area contributed by atoms with E-state index in [0.29, 0.717) is 6.42 Å². The van der Waals surface area contributed by atoms with E-state index in [-0.39, 0.29) is 31.2 Å². The maximum Gasteiger partial charge on any atom is 0.0597 e. The van der Waals surface area contributed by atoms with Crippen LogP contribution >= 0.6 is 0 Å². The molecule has 1 rings (SSSR count). The quantitative estimate of drug-likeness (QED) is 0.450. The summed E-state index contributed by atoms with van der Waals surface area (Å²) in [5, 5.41) is 26.1. The SMILES string of the molecule is OC[C@H]1C[C@H](O)[C@@H]1CO. The summed E-state index contributed by atoms with van der Waals surface area (Å²) >= 11 is 0. The Kier molecular flexibility index (Phi) is 2.05. The Morgan fingerprint density at radius 1 is 1.22 bits per heavy atom. The van der Waals surface area contributed by atoms with Crippen molar-refractivity contribution in [3.05, 3.63) is 0 Å². The monoisotopic (exact) mass is 132 g/mol. The van der Waals surface area contributed by atoms with Crippen molar-refractivity contribution in [2.24, 2.45) is 11.8 Å². The molecule has 1 fully saturated rings. The van der Waals surface area contributed by atoms with Crippen LogP contribution in [0.4, 0.5) is 0 Å². The average molecular weight is 132 g/mol. The van der Waals surface area contributed by atoms with Crippen molar-refractivity contribution in [3.63, 3.8) is 0 Å². The van der Waals surface area contributed by atoms with Gasteiger partial charge in [0.1, 0.15) is 0 Å². The first-order valence-corrected chi connectivity index (χ1v) is 3.19. The molecule has 0 radical (unpaired) electrons. The van der Waals surface area contributed by atoms with Gasteiger partial charge < -0.3 is 15.3 Å². The number of rotatable bonds is 2. The van der Waals surface area contributed by atoms with E-state index in [1.165, 1.54) is 0 Å². The second-order valence-electron chi connectivity index (χ2n) is 2.59. The highest BCUT2D eigenvalue weighted by molar-refractivity contribution is 4.87. The topological polar surface area (TPSA) is 60.7 Å². The van der Waals surface area contributed by atoms with E-state index in [9.17, 15) is 0 Å². The van der Waals surface area contributed by atoms with Gasteiger partial charge in [-0.05, 0) is 12.3 Å². The molecule has 0 bridgehead atoms. The number of hydrogen-bond donors (Lipinski definition) is 3. The number of aliphatic hydroxyl groups is 3. The molecule has 1 aliphatic rings. The molecule has 9 heavy (non-hydrogen) atoms. The van der Waals surface area contributed by atoms with Crippen molar-refractivity contribution in [3.8, 4) is 0 Å². The van der Waals surface area contributed by atoms with Crippen LogP contribution in [-0.2, 0) is 0 Å². The molecule has 0 aromatic carbocycles. The van der Waals surface area contributed by atoms with E-state index in [4.69, 9.17) is 15.3 Å². The Hall–Kier alpha value is -0.120. The molecule has 0 saturated heterocycles. The van der Waals surface area contributed by atoms with E-state index < -0.39 is 0 Å². The molecule has 0 amide bonds. The van der Waals surface area contributed by atoms with Crippen LogP contribution in [0.3, 0.4) is 0 Å². The second kappa shape index (κ2) is 2.64. The van der Waals surface area contributed by atoms with E-state index in [1.54, 1.807) is 0 Å². The Morgan fingerprint density at radius 3 is 2.11 bits per heavy atom. The highest BCUT2D eigenvalue weighted by Gasteiger charge is 2.38. The minimum atomic E-state index is -0.382. The van der Waals surface area contributed by atoms with E-state index in [2.05, 4.69) is 0 Å². The molecule has 0 aromatic heterocycles. The molecule has 54 valence electrons. The molecule has 0 spiro atoms. The van der Waals surface area contributed by atoms with Crippen LogP contribution in [0.2, 0.25) is 0 Å². The van der Waals surface area contributed by atoms with Gasteiger partial charge in [-0.3, -0.25) is 0 Å². The van der Waals surface area contributed by atoms with Gasteiger partial charge in [-0.1, -0.05) is 0 Å². The summed E-state index contributed by atoms with van der Waals surface area (Å²) in [6, 6.07) is 0. The Labute approximate surface area is 53.9 Å². The highest BCUT2D eigenvalue weighted by Crippen LogP contribution is 2.33. The lowest BCUT2D eigenvalue weighted by Crippen LogP contribution is -2.45. The van der Waals surface area contributed by atoms with Gasteiger partial charge in [-0.25, -0.2) is 0 Å². The highest BCUT2D eigenvalue weighted by atomic mass is 16.3. The van der Waals surface area contributed by atoms with Gasteiger partial charge in [0.2, 0.25) is 0 Å². The van der Waals surface area contributed by atoms with Crippen molar-refractivity contribution < 1.29 is 15.3 Å². The lowest BCUT2D eigenvalue weighted by Gasteiger charge is -2.39. The molecule has 1 aliphatic carbocycles. The van der Waals surface area contributed by atoms with E-state index >= 15 is 0 Å². The fraction of sp³-hybridized carbons (Fsp3) is 1.00. The summed E-state index contributed by atoms with van der Waals surface area (Å²) in [6.07, 6.45) is 0.258. The maximum atomic E-state index is 8.94. The van der Waals surface area contributed by atoms with Gasteiger partial charge >= 0.3 is 0 Å². The molecule has 3 nitrogen and oxygen atoms in total. The van der Waals surface area contributed by atoms with E-state index in [0.717, 1.165) is 0 Å². The van der Waals surface area contributed by atoms with E-state index in [1.807, 2.05) is 0 Å². The summed E-state index contributed by atoms with van der Waals surface area (Å²) < 4.78 is 0. The van der Waals surface area contributed by atoms with Crippen LogP contribution in [0.1, 0.15) is 6.42 Å². The molecule has 3 heteroatoms. The van der Waals surface area contributed by atoms with Crippen molar-refractivity contribution in [1.82, 2.24) is 0 Å². The summed E-state index contributed by atoms with van der Waals surface area (Å²) in [7, 11) is 0. The summed E-state index contributed by atoms with van der Waals surface area (Å²) in [5.74, 6) is 0.0556. The van der Waals surface area contributed by atoms with Crippen LogP contribution < -0.4 is 0 Å². The van der Waals surface area contributed by atoms with Crippen LogP contribution in [0.15, 0.2) is 0 Å². The Balaban J connectivity index is 2.29. The third-order valence-corrected chi connectivity index (χ3v) is 2.09. The zero-order valence-corrected chi connectivity index (χ0v) is 5.20. The summed E-state index contributed by atoms with van der Waals surface area (Å²) in [5.41, 5.74) is 0. The third kappa shape index (κ3) is 1.08. The minimum absolute atomic E-state index is 0.00755. The van der Waals surface area contributed by atoms with Gasteiger partial charge in [0.15, 0.2) is 0 Å². The van der Waals surface area contributed by atoms with Crippen LogP contribution in [-0.4, -0.2) is 34.6 Å². The molecule has 0 heterocycles. The van der Waals surface area contributed by atoms with Crippen molar-refractivity contribution >= 4 is 0 Å². The third-order valence-electron chi connectivity index (χ3n) is 2.09. The molecule has 0 aromatic rings. The molecule has 3 atom stereocenters. The number of aliphatic hydroxyl groups excluding tert-OH is 3. The van der Waals surface area contributed by atoms with Crippen molar-refractivity contribution in [1.29, 1.82) is 0 Å². The smallest absolute Gasteiger partial charge is 0.0597 e. The largest absolute Gasteiger partial charge is 0.396 e. The first-order valence-electron chi connectivity index (χ1n) is 3.19. The molecular formula is C6H12O3. The molecule has 0 unspecified atom stereocenters. The van der Waals surface area contributed by atoms with Gasteiger partial charge in [0.05, 0.1) is 6.10 Å². The normalized spacial score (nSPS) is 42.3. The fourth-order valence-electron chi connectivity index (χ4n) is 1.26. The predicted octanol–water partition coefficient (Wildman–Crippen LogP) is -1.03. The Bertz CT molecular complexity index is 94.3. The zero-order valence-electron chi connectivity index (χ0n) is 5.20. The Morgan fingerprint density at radius 2 is 1.89 bits per heavy atom. The molecule has 3 N–H and O–H groups in total. The lowest BCUT2D eigenvalue weighted by atomic mass is 9.72. The standard InChI is InChI=1S/C6H12O3/c7-2-4-1-6(9)5(4)3-8/h4-9H,1-3H2/t4-,5-,6+/m1/s1. The van der Waals surface area contributed by atoms with Crippen molar-refractivity contribution in [2.75, 3.05) is 13.2 Å². The molecule has 1 saturated carbocycles. The predicted molar refractivity (Wildman–Crippen MR) is 31.8 cm³/mol. The minimum Gasteiger partial charge on any atom is -0.396 e.